The summed E-state index contributed by atoms with van der Waals surface area (Å²) in [5.41, 5.74) is 1.62. The molecule has 1 saturated heterocycles. The SMILES string of the molecule is CSC(=Nc1ccccc1C1OCCO1)NC#N. The van der Waals surface area contributed by atoms with Gasteiger partial charge in [-0.05, 0) is 12.3 Å². The zero-order valence-electron chi connectivity index (χ0n) is 9.92. The number of hydrogen-bond donors (Lipinski definition) is 1. The van der Waals surface area contributed by atoms with Crippen molar-refractivity contribution < 1.29 is 9.47 Å². The smallest absolute Gasteiger partial charge is 0.186 e. The summed E-state index contributed by atoms with van der Waals surface area (Å²) in [6.45, 7) is 1.18. The lowest BCUT2D eigenvalue weighted by Crippen LogP contribution is -2.12. The fourth-order valence-corrected chi connectivity index (χ4v) is 1.95. The number of nitrogens with zero attached hydrogens (tertiary/aromatic N) is 2. The Balaban J connectivity index is 2.29. The van der Waals surface area contributed by atoms with Gasteiger partial charge in [0.15, 0.2) is 17.7 Å². The number of hydrogen-bond acceptors (Lipinski definition) is 5. The van der Waals surface area contributed by atoms with E-state index in [1.165, 1.54) is 11.8 Å². The highest BCUT2D eigenvalue weighted by Gasteiger charge is 2.21. The van der Waals surface area contributed by atoms with Gasteiger partial charge in [0.2, 0.25) is 0 Å². The van der Waals surface area contributed by atoms with E-state index >= 15 is 0 Å². The molecule has 1 aliphatic rings. The maximum absolute atomic E-state index is 8.62. The second-order valence-electron chi connectivity index (χ2n) is 3.49. The normalized spacial score (nSPS) is 16.6. The molecule has 1 aromatic carbocycles. The molecule has 0 spiro atoms. The van der Waals surface area contributed by atoms with E-state index in [9.17, 15) is 0 Å². The van der Waals surface area contributed by atoms with Crippen LogP contribution in [0.4, 0.5) is 5.69 Å². The molecule has 0 aromatic heterocycles. The summed E-state index contributed by atoms with van der Waals surface area (Å²) in [7, 11) is 0. The van der Waals surface area contributed by atoms with E-state index in [-0.39, 0.29) is 6.29 Å². The summed E-state index contributed by atoms with van der Waals surface area (Å²) in [6, 6.07) is 7.59. The monoisotopic (exact) mass is 263 g/mol. The molecular weight excluding hydrogens is 250 g/mol. The van der Waals surface area contributed by atoms with Gasteiger partial charge in [-0.3, -0.25) is 5.32 Å². The molecule has 0 amide bonds. The number of para-hydroxylation sites is 1. The van der Waals surface area contributed by atoms with Crippen LogP contribution < -0.4 is 5.32 Å². The van der Waals surface area contributed by atoms with Gasteiger partial charge >= 0.3 is 0 Å². The van der Waals surface area contributed by atoms with Crippen molar-refractivity contribution in [2.75, 3.05) is 19.5 Å². The van der Waals surface area contributed by atoms with Crippen molar-refractivity contribution in [3.8, 4) is 6.19 Å². The van der Waals surface area contributed by atoms with E-state index in [2.05, 4.69) is 10.3 Å². The van der Waals surface area contributed by atoms with Crippen LogP contribution in [0.15, 0.2) is 29.3 Å². The third-order valence-corrected chi connectivity index (χ3v) is 2.97. The standard InChI is InChI=1S/C12H13N3O2S/c1-18-12(14-8-13)15-10-5-3-2-4-9(10)11-16-6-7-17-11/h2-5,11H,6-7H2,1H3,(H,14,15). The van der Waals surface area contributed by atoms with Crippen LogP contribution >= 0.6 is 11.8 Å². The van der Waals surface area contributed by atoms with Gasteiger partial charge in [-0.2, -0.15) is 5.26 Å². The second kappa shape index (κ2) is 6.40. The summed E-state index contributed by atoms with van der Waals surface area (Å²) in [4.78, 5) is 4.40. The van der Waals surface area contributed by atoms with Gasteiger partial charge in [-0.15, -0.1) is 0 Å². The van der Waals surface area contributed by atoms with Crippen molar-refractivity contribution in [2.24, 2.45) is 4.99 Å². The molecule has 2 rings (SSSR count). The van der Waals surface area contributed by atoms with E-state index < -0.39 is 0 Å². The molecule has 0 saturated carbocycles. The zero-order valence-corrected chi connectivity index (χ0v) is 10.7. The predicted molar refractivity (Wildman–Crippen MR) is 70.4 cm³/mol. The van der Waals surface area contributed by atoms with Crippen molar-refractivity contribution >= 4 is 22.6 Å². The summed E-state index contributed by atoms with van der Waals surface area (Å²) in [6.07, 6.45) is 3.35. The molecule has 0 atom stereocenters. The van der Waals surface area contributed by atoms with Crippen molar-refractivity contribution in [2.45, 2.75) is 6.29 Å². The first-order valence-electron chi connectivity index (χ1n) is 5.45. The molecule has 18 heavy (non-hydrogen) atoms. The minimum absolute atomic E-state index is 0.366. The summed E-state index contributed by atoms with van der Waals surface area (Å²) < 4.78 is 10.9. The molecule has 0 aliphatic carbocycles. The number of nitrogens with one attached hydrogen (secondary N) is 1. The molecule has 0 radical (unpaired) electrons. The minimum atomic E-state index is -0.366. The number of amidine groups is 1. The summed E-state index contributed by atoms with van der Waals surface area (Å²) >= 11 is 1.38. The number of thioether (sulfide) groups is 1. The van der Waals surface area contributed by atoms with Crippen LogP contribution in [0, 0.1) is 11.5 Å². The highest BCUT2D eigenvalue weighted by molar-refractivity contribution is 8.13. The highest BCUT2D eigenvalue weighted by atomic mass is 32.2. The molecule has 1 aliphatic heterocycles. The minimum Gasteiger partial charge on any atom is -0.346 e. The quantitative estimate of drug-likeness (QED) is 0.383. The lowest BCUT2D eigenvalue weighted by atomic mass is 10.2. The van der Waals surface area contributed by atoms with Gasteiger partial charge in [0.1, 0.15) is 0 Å². The molecule has 1 aromatic rings. The molecule has 0 unspecified atom stereocenters. The van der Waals surface area contributed by atoms with E-state index in [0.717, 1.165) is 11.3 Å². The first-order chi connectivity index (χ1) is 8.85. The average molecular weight is 263 g/mol. The number of rotatable bonds is 2. The Morgan fingerprint density at radius 1 is 1.44 bits per heavy atom. The third kappa shape index (κ3) is 3.01. The number of benzene rings is 1. The zero-order chi connectivity index (χ0) is 12.8. The van der Waals surface area contributed by atoms with E-state index in [0.29, 0.717) is 18.4 Å². The van der Waals surface area contributed by atoms with Gasteiger partial charge in [-0.1, -0.05) is 30.0 Å². The summed E-state index contributed by atoms with van der Waals surface area (Å²) in [5.74, 6) is 0. The van der Waals surface area contributed by atoms with Crippen LogP contribution in [0.5, 0.6) is 0 Å². The highest BCUT2D eigenvalue weighted by Crippen LogP contribution is 2.31. The fourth-order valence-electron chi connectivity index (χ4n) is 1.61. The van der Waals surface area contributed by atoms with Crippen LogP contribution in [-0.2, 0) is 9.47 Å². The second-order valence-corrected chi connectivity index (χ2v) is 4.29. The van der Waals surface area contributed by atoms with Crippen LogP contribution in [0.2, 0.25) is 0 Å². The van der Waals surface area contributed by atoms with E-state index in [1.54, 1.807) is 0 Å². The first-order valence-corrected chi connectivity index (χ1v) is 6.67. The number of ether oxygens (including phenoxy) is 2. The molecule has 1 fully saturated rings. The lowest BCUT2D eigenvalue weighted by molar-refractivity contribution is -0.0436. The fraction of sp³-hybridized carbons (Fsp3) is 0.333. The van der Waals surface area contributed by atoms with Gasteiger partial charge in [0.25, 0.3) is 0 Å². The van der Waals surface area contributed by atoms with Gasteiger partial charge in [-0.25, -0.2) is 4.99 Å². The maximum atomic E-state index is 8.62. The Kier molecular flexibility index (Phi) is 4.59. The average Bonchev–Trinajstić information content (AvgIpc) is 2.92. The Labute approximate surface area is 110 Å². The molecule has 6 heteroatoms. The molecule has 94 valence electrons. The van der Waals surface area contributed by atoms with Gasteiger partial charge in [0, 0.05) is 5.56 Å². The van der Waals surface area contributed by atoms with Crippen molar-refractivity contribution in [3.05, 3.63) is 29.8 Å². The predicted octanol–water partition coefficient (Wildman–Crippen LogP) is 2.15. The van der Waals surface area contributed by atoms with Crippen molar-refractivity contribution in [1.82, 2.24) is 5.32 Å². The van der Waals surface area contributed by atoms with E-state index in [1.807, 2.05) is 36.7 Å². The van der Waals surface area contributed by atoms with Crippen LogP contribution in [0.25, 0.3) is 0 Å². The number of aliphatic imine (C=N–C) groups is 1. The molecule has 0 bridgehead atoms. The Morgan fingerprint density at radius 3 is 2.83 bits per heavy atom. The summed E-state index contributed by atoms with van der Waals surface area (Å²) in [5, 5.41) is 11.7. The number of nitriles is 1. The topological polar surface area (TPSA) is 66.6 Å². The first kappa shape index (κ1) is 12.9. The van der Waals surface area contributed by atoms with Crippen molar-refractivity contribution in [3.63, 3.8) is 0 Å². The molecule has 5 nitrogen and oxygen atoms in total. The Morgan fingerprint density at radius 2 is 2.17 bits per heavy atom. The molecule has 1 heterocycles. The van der Waals surface area contributed by atoms with Crippen molar-refractivity contribution in [1.29, 1.82) is 5.26 Å². The van der Waals surface area contributed by atoms with Crippen LogP contribution in [0.1, 0.15) is 11.9 Å². The van der Waals surface area contributed by atoms with E-state index in [4.69, 9.17) is 14.7 Å². The van der Waals surface area contributed by atoms with Crippen LogP contribution in [-0.4, -0.2) is 24.6 Å². The Hall–Kier alpha value is -1.55. The molecule has 1 N–H and O–H groups in total. The largest absolute Gasteiger partial charge is 0.346 e. The maximum Gasteiger partial charge on any atom is 0.186 e. The molecular formula is C12H13N3O2S. The third-order valence-electron chi connectivity index (χ3n) is 2.39. The van der Waals surface area contributed by atoms with Crippen LogP contribution in [0.3, 0.4) is 0 Å². The lowest BCUT2D eigenvalue weighted by Gasteiger charge is -2.12. The van der Waals surface area contributed by atoms with Gasteiger partial charge < -0.3 is 9.47 Å². The Bertz CT molecular complexity index is 478. The van der Waals surface area contributed by atoms with Gasteiger partial charge in [0.05, 0.1) is 18.9 Å².